The summed E-state index contributed by atoms with van der Waals surface area (Å²) in [5.74, 6) is 1.72. The van der Waals surface area contributed by atoms with Gasteiger partial charge in [0.1, 0.15) is 5.82 Å². The first-order chi connectivity index (χ1) is 7.38. The summed E-state index contributed by atoms with van der Waals surface area (Å²) >= 11 is 0. The first-order valence-electron chi connectivity index (χ1n) is 4.97. The molecule has 0 radical (unpaired) electrons. The van der Waals surface area contributed by atoms with E-state index in [0.717, 1.165) is 18.1 Å². The molecule has 0 saturated carbocycles. The molecule has 0 aliphatic heterocycles. The molecule has 0 bridgehead atoms. The van der Waals surface area contributed by atoms with Crippen molar-refractivity contribution in [3.8, 4) is 0 Å². The zero-order valence-electron chi connectivity index (χ0n) is 8.70. The third-order valence-electron chi connectivity index (χ3n) is 2.13. The van der Waals surface area contributed by atoms with Crippen molar-refractivity contribution < 1.29 is 0 Å². The molecule has 78 valence electrons. The van der Waals surface area contributed by atoms with Gasteiger partial charge in [0, 0.05) is 6.42 Å². The fourth-order valence-electron chi connectivity index (χ4n) is 1.44. The fourth-order valence-corrected chi connectivity index (χ4v) is 1.44. The number of aromatic amines is 1. The largest absolute Gasteiger partial charge is 0.313 e. The van der Waals surface area contributed by atoms with Gasteiger partial charge in [-0.05, 0) is 12.6 Å². The van der Waals surface area contributed by atoms with Gasteiger partial charge in [-0.15, -0.1) is 0 Å². The molecule has 0 unspecified atom stereocenters. The number of aromatic nitrogens is 3. The Morgan fingerprint density at radius 1 is 1.27 bits per heavy atom. The van der Waals surface area contributed by atoms with Gasteiger partial charge in [0.05, 0.1) is 6.54 Å². The van der Waals surface area contributed by atoms with Crippen molar-refractivity contribution in [1.82, 2.24) is 20.5 Å². The molecule has 0 spiro atoms. The lowest BCUT2D eigenvalue weighted by molar-refractivity contribution is 0.762. The van der Waals surface area contributed by atoms with E-state index < -0.39 is 0 Å². The van der Waals surface area contributed by atoms with Crippen LogP contribution in [0.2, 0.25) is 0 Å². The van der Waals surface area contributed by atoms with Gasteiger partial charge in [0.25, 0.3) is 0 Å². The summed E-state index contributed by atoms with van der Waals surface area (Å²) in [4.78, 5) is 4.37. The number of hydrogen-bond donors (Lipinski definition) is 2. The van der Waals surface area contributed by atoms with Crippen molar-refractivity contribution >= 4 is 0 Å². The molecule has 1 heterocycles. The average Bonchev–Trinajstić information content (AvgIpc) is 2.68. The van der Waals surface area contributed by atoms with Gasteiger partial charge in [-0.3, -0.25) is 5.10 Å². The van der Waals surface area contributed by atoms with Crippen LogP contribution in [0.5, 0.6) is 0 Å². The highest BCUT2D eigenvalue weighted by Crippen LogP contribution is 2.04. The third-order valence-corrected chi connectivity index (χ3v) is 2.13. The van der Waals surface area contributed by atoms with Gasteiger partial charge in [0.2, 0.25) is 0 Å². The summed E-state index contributed by atoms with van der Waals surface area (Å²) in [5, 5.41) is 10.1. The smallest absolute Gasteiger partial charge is 0.164 e. The summed E-state index contributed by atoms with van der Waals surface area (Å²) < 4.78 is 0. The quantitative estimate of drug-likeness (QED) is 0.781. The van der Waals surface area contributed by atoms with E-state index in [1.807, 2.05) is 25.2 Å². The number of benzene rings is 1. The summed E-state index contributed by atoms with van der Waals surface area (Å²) in [6.07, 6.45) is 0.803. The van der Waals surface area contributed by atoms with E-state index in [2.05, 4.69) is 32.6 Å². The molecule has 15 heavy (non-hydrogen) atoms. The second-order valence-corrected chi connectivity index (χ2v) is 3.39. The monoisotopic (exact) mass is 202 g/mol. The lowest BCUT2D eigenvalue weighted by atomic mass is 10.1. The number of hydrogen-bond acceptors (Lipinski definition) is 3. The van der Waals surface area contributed by atoms with Crippen LogP contribution in [0.3, 0.4) is 0 Å². The molecule has 1 aromatic carbocycles. The Balaban J connectivity index is 2.05. The molecule has 0 aliphatic carbocycles. The molecular formula is C11H14N4. The van der Waals surface area contributed by atoms with Crippen LogP contribution in [0.4, 0.5) is 0 Å². The van der Waals surface area contributed by atoms with E-state index in [1.54, 1.807) is 0 Å². The molecule has 2 rings (SSSR count). The maximum absolute atomic E-state index is 4.37. The molecule has 4 heteroatoms. The van der Waals surface area contributed by atoms with Gasteiger partial charge in [-0.2, -0.15) is 5.10 Å². The molecule has 1 aromatic heterocycles. The Labute approximate surface area is 88.8 Å². The molecular weight excluding hydrogens is 188 g/mol. The van der Waals surface area contributed by atoms with E-state index in [0.29, 0.717) is 6.54 Å². The van der Waals surface area contributed by atoms with Gasteiger partial charge in [-0.1, -0.05) is 30.3 Å². The average molecular weight is 202 g/mol. The highest BCUT2D eigenvalue weighted by molar-refractivity contribution is 5.18. The van der Waals surface area contributed by atoms with Crippen LogP contribution in [0, 0.1) is 0 Å². The maximum Gasteiger partial charge on any atom is 0.164 e. The van der Waals surface area contributed by atoms with Crippen molar-refractivity contribution in [1.29, 1.82) is 0 Å². The highest BCUT2D eigenvalue weighted by atomic mass is 15.2. The Kier molecular flexibility index (Phi) is 3.09. The lowest BCUT2D eigenvalue weighted by Crippen LogP contribution is -2.06. The summed E-state index contributed by atoms with van der Waals surface area (Å²) in [7, 11) is 1.88. The predicted octanol–water partition coefficient (Wildman–Crippen LogP) is 1.11. The Morgan fingerprint density at radius 3 is 2.80 bits per heavy atom. The molecule has 4 nitrogen and oxygen atoms in total. The molecule has 0 aliphatic rings. The molecule has 2 N–H and O–H groups in total. The lowest BCUT2D eigenvalue weighted by Gasteiger charge is -1.95. The summed E-state index contributed by atoms with van der Waals surface area (Å²) in [6, 6.07) is 10.2. The van der Waals surface area contributed by atoms with Crippen molar-refractivity contribution in [2.45, 2.75) is 13.0 Å². The van der Waals surface area contributed by atoms with E-state index in [9.17, 15) is 0 Å². The van der Waals surface area contributed by atoms with Crippen LogP contribution in [0.1, 0.15) is 17.2 Å². The zero-order chi connectivity index (χ0) is 10.5. The topological polar surface area (TPSA) is 53.6 Å². The van der Waals surface area contributed by atoms with Crippen LogP contribution in [0.15, 0.2) is 30.3 Å². The van der Waals surface area contributed by atoms with Gasteiger partial charge in [-0.25, -0.2) is 4.98 Å². The standard InChI is InChI=1S/C11H14N4/c1-12-8-11-13-10(14-15-11)7-9-5-3-2-4-6-9/h2-6,12H,7-8H2,1H3,(H,13,14,15). The van der Waals surface area contributed by atoms with Crippen LogP contribution in [-0.4, -0.2) is 22.2 Å². The number of H-pyrrole nitrogens is 1. The number of nitrogens with one attached hydrogen (secondary N) is 2. The minimum Gasteiger partial charge on any atom is -0.313 e. The van der Waals surface area contributed by atoms with Crippen LogP contribution < -0.4 is 5.32 Å². The molecule has 0 saturated heterocycles. The van der Waals surface area contributed by atoms with Crippen LogP contribution >= 0.6 is 0 Å². The fraction of sp³-hybridized carbons (Fsp3) is 0.273. The second kappa shape index (κ2) is 4.70. The molecule has 0 amide bonds. The minimum absolute atomic E-state index is 0.700. The zero-order valence-corrected chi connectivity index (χ0v) is 8.70. The van der Waals surface area contributed by atoms with Gasteiger partial charge < -0.3 is 5.32 Å². The third kappa shape index (κ3) is 2.63. The van der Waals surface area contributed by atoms with Crippen LogP contribution in [0.25, 0.3) is 0 Å². The number of rotatable bonds is 4. The first-order valence-corrected chi connectivity index (χ1v) is 4.97. The van der Waals surface area contributed by atoms with E-state index in [-0.39, 0.29) is 0 Å². The van der Waals surface area contributed by atoms with Crippen molar-refractivity contribution in [2.24, 2.45) is 0 Å². The summed E-state index contributed by atoms with van der Waals surface area (Å²) in [5.41, 5.74) is 1.24. The van der Waals surface area contributed by atoms with E-state index in [4.69, 9.17) is 0 Å². The SMILES string of the molecule is CNCc1n[nH]c(Cc2ccccc2)n1. The van der Waals surface area contributed by atoms with Gasteiger partial charge in [0.15, 0.2) is 5.82 Å². The van der Waals surface area contributed by atoms with Crippen molar-refractivity contribution in [2.75, 3.05) is 7.05 Å². The van der Waals surface area contributed by atoms with Gasteiger partial charge >= 0.3 is 0 Å². The molecule has 0 atom stereocenters. The summed E-state index contributed by atoms with van der Waals surface area (Å²) in [6.45, 7) is 0.700. The van der Waals surface area contributed by atoms with Crippen LogP contribution in [-0.2, 0) is 13.0 Å². The molecule has 0 fully saturated rings. The van der Waals surface area contributed by atoms with E-state index >= 15 is 0 Å². The van der Waals surface area contributed by atoms with Crippen molar-refractivity contribution in [3.05, 3.63) is 47.5 Å². The molecule has 2 aromatic rings. The minimum atomic E-state index is 0.700. The Morgan fingerprint density at radius 2 is 2.07 bits per heavy atom. The normalized spacial score (nSPS) is 10.5. The second-order valence-electron chi connectivity index (χ2n) is 3.39. The highest BCUT2D eigenvalue weighted by Gasteiger charge is 2.02. The first kappa shape index (κ1) is 9.86. The predicted molar refractivity (Wildman–Crippen MR) is 58.4 cm³/mol. The van der Waals surface area contributed by atoms with Crippen molar-refractivity contribution in [3.63, 3.8) is 0 Å². The Hall–Kier alpha value is -1.68. The number of nitrogens with zero attached hydrogens (tertiary/aromatic N) is 2. The maximum atomic E-state index is 4.37. The Bertz CT molecular complexity index is 408. The van der Waals surface area contributed by atoms with E-state index in [1.165, 1.54) is 5.56 Å².